The molecule has 0 unspecified atom stereocenters. The Morgan fingerprint density at radius 3 is 2.34 bits per heavy atom. The van der Waals surface area contributed by atoms with Crippen LogP contribution in [-0.4, -0.2) is 22.0 Å². The molecule has 0 radical (unpaired) electrons. The van der Waals surface area contributed by atoms with Gasteiger partial charge in [-0.15, -0.1) is 0 Å². The van der Waals surface area contributed by atoms with Gasteiger partial charge in [-0.05, 0) is 50.6 Å². The maximum Gasteiger partial charge on any atom is 0.327 e. The Morgan fingerprint density at radius 1 is 1.00 bits per heavy atom. The van der Waals surface area contributed by atoms with Gasteiger partial charge >= 0.3 is 6.03 Å². The van der Waals surface area contributed by atoms with Crippen molar-refractivity contribution >= 4 is 23.5 Å². The van der Waals surface area contributed by atoms with Crippen LogP contribution in [0.1, 0.15) is 32.4 Å². The molecule has 0 saturated carbocycles. The van der Waals surface area contributed by atoms with E-state index < -0.39 is 0 Å². The standard InChI is InChI=1S/C22H24FN5O/c1-15(2)25-22(29)28(19-11-9-18(23)10-12-19)20-13-14-24-21(27-20)26-16(3)17-7-5-4-6-8-17/h4-16H,1-3H3,(H,25,29)(H,24,26,27)/t16-/m0/s1. The lowest BCUT2D eigenvalue weighted by atomic mass is 10.1. The molecule has 7 heteroatoms. The van der Waals surface area contributed by atoms with E-state index >= 15 is 0 Å². The van der Waals surface area contributed by atoms with Gasteiger partial charge in [0.05, 0.1) is 11.7 Å². The van der Waals surface area contributed by atoms with Gasteiger partial charge in [0.2, 0.25) is 5.95 Å². The summed E-state index contributed by atoms with van der Waals surface area (Å²) in [6.45, 7) is 5.75. The first-order valence-corrected chi connectivity index (χ1v) is 9.45. The van der Waals surface area contributed by atoms with Crippen molar-refractivity contribution in [1.29, 1.82) is 0 Å². The number of nitrogens with zero attached hydrogens (tertiary/aromatic N) is 3. The number of hydrogen-bond acceptors (Lipinski definition) is 4. The largest absolute Gasteiger partial charge is 0.348 e. The van der Waals surface area contributed by atoms with E-state index in [2.05, 4.69) is 20.6 Å². The highest BCUT2D eigenvalue weighted by Crippen LogP contribution is 2.25. The molecule has 1 atom stereocenters. The second-order valence-corrected chi connectivity index (χ2v) is 6.93. The third-order valence-corrected chi connectivity index (χ3v) is 4.22. The molecule has 150 valence electrons. The van der Waals surface area contributed by atoms with Crippen LogP contribution in [0.5, 0.6) is 0 Å². The third-order valence-electron chi connectivity index (χ3n) is 4.22. The molecule has 6 nitrogen and oxygen atoms in total. The molecule has 0 aliphatic carbocycles. The Labute approximate surface area is 169 Å². The van der Waals surface area contributed by atoms with E-state index in [1.165, 1.54) is 29.2 Å². The first-order chi connectivity index (χ1) is 13.9. The molecular weight excluding hydrogens is 369 g/mol. The Morgan fingerprint density at radius 2 is 1.69 bits per heavy atom. The third kappa shape index (κ3) is 5.28. The smallest absolute Gasteiger partial charge is 0.327 e. The Hall–Kier alpha value is -3.48. The maximum atomic E-state index is 13.4. The average molecular weight is 393 g/mol. The van der Waals surface area contributed by atoms with Gasteiger partial charge in [-0.3, -0.25) is 0 Å². The second kappa shape index (κ2) is 9.14. The van der Waals surface area contributed by atoms with Crippen molar-refractivity contribution in [3.63, 3.8) is 0 Å². The molecular formula is C22H24FN5O. The molecule has 0 fully saturated rings. The quantitative estimate of drug-likeness (QED) is 0.615. The lowest BCUT2D eigenvalue weighted by Crippen LogP contribution is -2.41. The van der Waals surface area contributed by atoms with Gasteiger partial charge in [-0.2, -0.15) is 4.98 Å². The van der Waals surface area contributed by atoms with Crippen molar-refractivity contribution in [3.8, 4) is 0 Å². The minimum Gasteiger partial charge on any atom is -0.348 e. The summed E-state index contributed by atoms with van der Waals surface area (Å²) in [6.07, 6.45) is 1.58. The zero-order valence-electron chi connectivity index (χ0n) is 16.6. The fourth-order valence-electron chi connectivity index (χ4n) is 2.82. The molecule has 1 heterocycles. The van der Waals surface area contributed by atoms with Crippen LogP contribution >= 0.6 is 0 Å². The number of carbonyl (C=O) groups is 1. The summed E-state index contributed by atoms with van der Waals surface area (Å²) >= 11 is 0. The molecule has 3 rings (SSSR count). The van der Waals surface area contributed by atoms with E-state index in [0.29, 0.717) is 17.5 Å². The van der Waals surface area contributed by atoms with Crippen molar-refractivity contribution in [1.82, 2.24) is 15.3 Å². The zero-order chi connectivity index (χ0) is 20.8. The van der Waals surface area contributed by atoms with E-state index in [1.54, 1.807) is 12.3 Å². The summed E-state index contributed by atoms with van der Waals surface area (Å²) in [5, 5.41) is 6.11. The molecule has 3 aromatic rings. The van der Waals surface area contributed by atoms with Gasteiger partial charge in [0.1, 0.15) is 11.6 Å². The van der Waals surface area contributed by atoms with Gasteiger partial charge in [-0.1, -0.05) is 30.3 Å². The minimum absolute atomic E-state index is 0.0183. The van der Waals surface area contributed by atoms with Crippen LogP contribution in [0, 0.1) is 5.82 Å². The molecule has 2 amide bonds. The van der Waals surface area contributed by atoms with E-state index in [4.69, 9.17) is 0 Å². The molecule has 0 spiro atoms. The number of benzene rings is 2. The molecule has 2 N–H and O–H groups in total. The van der Waals surface area contributed by atoms with Crippen LogP contribution in [0.15, 0.2) is 66.9 Å². The van der Waals surface area contributed by atoms with Crippen molar-refractivity contribution in [2.45, 2.75) is 32.9 Å². The molecule has 1 aromatic heterocycles. The summed E-state index contributed by atoms with van der Waals surface area (Å²) in [5.74, 6) is 0.399. The summed E-state index contributed by atoms with van der Waals surface area (Å²) in [6, 6.07) is 16.8. The maximum absolute atomic E-state index is 13.4. The number of rotatable bonds is 6. The number of carbonyl (C=O) groups excluding carboxylic acids is 1. The molecule has 29 heavy (non-hydrogen) atoms. The second-order valence-electron chi connectivity index (χ2n) is 6.93. The highest BCUT2D eigenvalue weighted by Gasteiger charge is 2.21. The van der Waals surface area contributed by atoms with Crippen LogP contribution in [0.4, 0.5) is 26.6 Å². The first-order valence-electron chi connectivity index (χ1n) is 9.45. The fraction of sp³-hybridized carbons (Fsp3) is 0.227. The number of nitrogens with one attached hydrogen (secondary N) is 2. The summed E-state index contributed by atoms with van der Waals surface area (Å²) in [7, 11) is 0. The van der Waals surface area contributed by atoms with Gasteiger partial charge in [0.25, 0.3) is 0 Å². The van der Waals surface area contributed by atoms with Crippen LogP contribution in [0.2, 0.25) is 0 Å². The predicted octanol–water partition coefficient (Wildman–Crippen LogP) is 5.04. The number of anilines is 3. The predicted molar refractivity (Wildman–Crippen MR) is 113 cm³/mol. The number of urea groups is 1. The van der Waals surface area contributed by atoms with Crippen molar-refractivity contribution in [2.75, 3.05) is 10.2 Å². The summed E-state index contributed by atoms with van der Waals surface area (Å²) < 4.78 is 13.4. The van der Waals surface area contributed by atoms with E-state index in [0.717, 1.165) is 5.56 Å². The molecule has 0 aliphatic rings. The van der Waals surface area contributed by atoms with Crippen LogP contribution in [0.25, 0.3) is 0 Å². The van der Waals surface area contributed by atoms with E-state index in [-0.39, 0.29) is 23.9 Å². The van der Waals surface area contributed by atoms with Gasteiger partial charge in [-0.25, -0.2) is 19.1 Å². The average Bonchev–Trinajstić information content (AvgIpc) is 2.70. The molecule has 0 aliphatic heterocycles. The lowest BCUT2D eigenvalue weighted by molar-refractivity contribution is 0.246. The van der Waals surface area contributed by atoms with Crippen LogP contribution < -0.4 is 15.5 Å². The van der Waals surface area contributed by atoms with Gasteiger partial charge in [0.15, 0.2) is 0 Å². The Kier molecular flexibility index (Phi) is 6.39. The minimum atomic E-state index is -0.375. The van der Waals surface area contributed by atoms with Crippen molar-refractivity contribution in [3.05, 3.63) is 78.2 Å². The Bertz CT molecular complexity index is 947. The van der Waals surface area contributed by atoms with Crippen molar-refractivity contribution in [2.24, 2.45) is 0 Å². The fourth-order valence-corrected chi connectivity index (χ4v) is 2.82. The van der Waals surface area contributed by atoms with Gasteiger partial charge in [0, 0.05) is 18.3 Å². The summed E-state index contributed by atoms with van der Waals surface area (Å²) in [4.78, 5) is 23.0. The number of halogens is 1. The SMILES string of the molecule is CC(C)NC(=O)N(c1ccc(F)cc1)c1ccnc(N[C@@H](C)c2ccccc2)n1. The number of hydrogen-bond donors (Lipinski definition) is 2. The Balaban J connectivity index is 1.90. The monoisotopic (exact) mass is 393 g/mol. The van der Waals surface area contributed by atoms with E-state index in [1.807, 2.05) is 51.1 Å². The number of amides is 2. The normalized spacial score (nSPS) is 11.8. The first kappa shape index (κ1) is 20.3. The van der Waals surface area contributed by atoms with E-state index in [9.17, 15) is 9.18 Å². The van der Waals surface area contributed by atoms with Gasteiger partial charge < -0.3 is 10.6 Å². The lowest BCUT2D eigenvalue weighted by Gasteiger charge is -2.24. The molecule has 0 bridgehead atoms. The topological polar surface area (TPSA) is 70.2 Å². The zero-order valence-corrected chi connectivity index (χ0v) is 16.6. The number of aromatic nitrogens is 2. The van der Waals surface area contributed by atoms with Crippen LogP contribution in [-0.2, 0) is 0 Å². The summed E-state index contributed by atoms with van der Waals surface area (Å²) in [5.41, 5.74) is 1.60. The van der Waals surface area contributed by atoms with Crippen molar-refractivity contribution < 1.29 is 9.18 Å². The highest BCUT2D eigenvalue weighted by molar-refractivity contribution is 5.98. The van der Waals surface area contributed by atoms with Crippen LogP contribution in [0.3, 0.4) is 0 Å². The molecule has 2 aromatic carbocycles. The highest BCUT2D eigenvalue weighted by atomic mass is 19.1. The molecule has 0 saturated heterocycles.